The molecule has 5 heteroatoms. The average Bonchev–Trinajstić information content (AvgIpc) is 2.73. The van der Waals surface area contributed by atoms with Crippen molar-refractivity contribution >= 4 is 0 Å². The van der Waals surface area contributed by atoms with Crippen molar-refractivity contribution in [3.05, 3.63) is 18.0 Å². The van der Waals surface area contributed by atoms with Crippen LogP contribution >= 0.6 is 0 Å². The zero-order valence-corrected chi connectivity index (χ0v) is 10.1. The molecule has 2 fully saturated rings. The van der Waals surface area contributed by atoms with E-state index < -0.39 is 5.79 Å². The lowest BCUT2D eigenvalue weighted by Gasteiger charge is -2.46. The number of ether oxygens (including phenoxy) is 1. The Kier molecular flexibility index (Phi) is 2.67. The van der Waals surface area contributed by atoms with Crippen LogP contribution in [-0.2, 0) is 4.74 Å². The fourth-order valence-electron chi connectivity index (χ4n) is 2.62. The quantitative estimate of drug-likeness (QED) is 0.733. The highest BCUT2D eigenvalue weighted by Crippen LogP contribution is 2.32. The minimum atomic E-state index is -1.19. The average molecular weight is 239 g/mol. The molecule has 0 bridgehead atoms. The molecule has 0 unspecified atom stereocenters. The molecule has 0 aliphatic carbocycles. The monoisotopic (exact) mass is 239 g/mol. The van der Waals surface area contributed by atoms with Gasteiger partial charge < -0.3 is 4.74 Å². The fourth-order valence-corrected chi connectivity index (χ4v) is 2.62. The first kappa shape index (κ1) is 11.2. The maximum atomic E-state index is 14.1. The summed E-state index contributed by atoms with van der Waals surface area (Å²) in [6.07, 6.45) is 3.95. The number of nitrogens with zero attached hydrogens (tertiary/aromatic N) is 3. The highest BCUT2D eigenvalue weighted by Gasteiger charge is 2.45. The summed E-state index contributed by atoms with van der Waals surface area (Å²) in [6.45, 7) is 4.05. The molecule has 0 amide bonds. The van der Waals surface area contributed by atoms with Crippen molar-refractivity contribution in [3.8, 4) is 0 Å². The van der Waals surface area contributed by atoms with E-state index in [1.165, 1.54) is 0 Å². The van der Waals surface area contributed by atoms with Crippen molar-refractivity contribution in [2.45, 2.75) is 31.6 Å². The smallest absolute Gasteiger partial charge is 0.210 e. The first-order valence-electron chi connectivity index (χ1n) is 6.21. The summed E-state index contributed by atoms with van der Waals surface area (Å²) in [5.41, 5.74) is 1.04. The van der Waals surface area contributed by atoms with Crippen molar-refractivity contribution in [1.82, 2.24) is 14.7 Å². The third kappa shape index (κ3) is 1.98. The van der Waals surface area contributed by atoms with Gasteiger partial charge in [-0.2, -0.15) is 5.10 Å². The van der Waals surface area contributed by atoms with Crippen molar-refractivity contribution in [2.24, 2.45) is 0 Å². The summed E-state index contributed by atoms with van der Waals surface area (Å²) in [4.78, 5) is 1.92. The summed E-state index contributed by atoms with van der Waals surface area (Å²) >= 11 is 0. The SMILES string of the molecule is Cc1ccn(C2CCN(C3(F)COC3)CC2)n1. The molecular weight excluding hydrogens is 221 g/mol. The molecule has 3 rings (SSSR count). The van der Waals surface area contributed by atoms with Crippen LogP contribution in [-0.4, -0.2) is 46.8 Å². The predicted molar refractivity (Wildman–Crippen MR) is 61.5 cm³/mol. The van der Waals surface area contributed by atoms with Crippen molar-refractivity contribution in [2.75, 3.05) is 26.3 Å². The molecule has 0 spiro atoms. The van der Waals surface area contributed by atoms with Crippen molar-refractivity contribution in [1.29, 1.82) is 0 Å². The summed E-state index contributed by atoms with van der Waals surface area (Å²) in [6, 6.07) is 2.44. The largest absolute Gasteiger partial charge is 0.372 e. The van der Waals surface area contributed by atoms with Gasteiger partial charge in [0, 0.05) is 19.3 Å². The van der Waals surface area contributed by atoms with Gasteiger partial charge in [-0.15, -0.1) is 0 Å². The van der Waals surface area contributed by atoms with Gasteiger partial charge in [-0.1, -0.05) is 0 Å². The molecule has 0 atom stereocenters. The third-order valence-electron chi connectivity index (χ3n) is 3.79. The first-order valence-corrected chi connectivity index (χ1v) is 6.21. The fraction of sp³-hybridized carbons (Fsp3) is 0.750. The topological polar surface area (TPSA) is 30.3 Å². The number of alkyl halides is 1. The van der Waals surface area contributed by atoms with E-state index in [1.54, 1.807) is 0 Å². The van der Waals surface area contributed by atoms with Crippen LogP contribution in [0.15, 0.2) is 12.3 Å². The number of halogens is 1. The van der Waals surface area contributed by atoms with Crippen LogP contribution in [0.5, 0.6) is 0 Å². The van der Waals surface area contributed by atoms with Crippen LogP contribution in [0.4, 0.5) is 4.39 Å². The third-order valence-corrected chi connectivity index (χ3v) is 3.79. The predicted octanol–water partition coefficient (Wildman–Crippen LogP) is 1.52. The number of likely N-dealkylation sites (tertiary alicyclic amines) is 1. The second kappa shape index (κ2) is 4.07. The molecule has 2 aliphatic rings. The molecule has 94 valence electrons. The standard InChI is InChI=1S/C12H18FN3O/c1-10-2-7-16(14-10)11-3-5-15(6-4-11)12(13)8-17-9-12/h2,7,11H,3-6,8-9H2,1H3. The van der Waals surface area contributed by atoms with E-state index in [4.69, 9.17) is 4.74 Å². The molecule has 0 aromatic carbocycles. The minimum absolute atomic E-state index is 0.235. The molecule has 17 heavy (non-hydrogen) atoms. The maximum Gasteiger partial charge on any atom is 0.210 e. The molecule has 2 saturated heterocycles. The lowest BCUT2D eigenvalue weighted by molar-refractivity contribution is -0.219. The van der Waals surface area contributed by atoms with Gasteiger partial charge in [-0.05, 0) is 25.8 Å². The van der Waals surface area contributed by atoms with Crippen molar-refractivity contribution < 1.29 is 9.13 Å². The lowest BCUT2D eigenvalue weighted by atomic mass is 10.0. The number of aryl methyl sites for hydroxylation is 1. The minimum Gasteiger partial charge on any atom is -0.372 e. The molecule has 1 aromatic rings. The Morgan fingerprint density at radius 1 is 1.41 bits per heavy atom. The number of rotatable bonds is 2. The van der Waals surface area contributed by atoms with Crippen LogP contribution in [0.25, 0.3) is 0 Å². The van der Waals surface area contributed by atoms with Gasteiger partial charge in [0.2, 0.25) is 5.79 Å². The van der Waals surface area contributed by atoms with E-state index in [0.29, 0.717) is 6.04 Å². The molecule has 0 radical (unpaired) electrons. The summed E-state index contributed by atoms with van der Waals surface area (Å²) in [5, 5.41) is 4.44. The Hall–Kier alpha value is -0.940. The van der Waals surface area contributed by atoms with Crippen LogP contribution in [0.1, 0.15) is 24.6 Å². The van der Waals surface area contributed by atoms with Crippen molar-refractivity contribution in [3.63, 3.8) is 0 Å². The Morgan fingerprint density at radius 3 is 2.59 bits per heavy atom. The van der Waals surface area contributed by atoms with Gasteiger partial charge in [0.15, 0.2) is 0 Å². The number of piperidine rings is 1. The maximum absolute atomic E-state index is 14.1. The molecular formula is C12H18FN3O. The van der Waals surface area contributed by atoms with Gasteiger partial charge in [-0.25, -0.2) is 4.39 Å². The number of hydrogen-bond donors (Lipinski definition) is 0. The molecule has 2 aliphatic heterocycles. The molecule has 4 nitrogen and oxygen atoms in total. The van der Waals surface area contributed by atoms with Gasteiger partial charge in [0.05, 0.1) is 24.9 Å². The second-order valence-corrected chi connectivity index (χ2v) is 5.07. The normalized spacial score (nSPS) is 25.8. The first-order chi connectivity index (χ1) is 8.17. The second-order valence-electron chi connectivity index (χ2n) is 5.07. The molecule has 3 heterocycles. The van der Waals surface area contributed by atoms with Gasteiger partial charge in [0.25, 0.3) is 0 Å². The van der Waals surface area contributed by atoms with E-state index in [2.05, 4.69) is 5.10 Å². The highest BCUT2D eigenvalue weighted by atomic mass is 19.1. The van der Waals surface area contributed by atoms with E-state index in [1.807, 2.05) is 28.8 Å². The molecule has 0 N–H and O–H groups in total. The Labute approximate surface area is 100 Å². The Bertz CT molecular complexity index is 394. The highest BCUT2D eigenvalue weighted by molar-refractivity contribution is 4.97. The van der Waals surface area contributed by atoms with Crippen LogP contribution in [0, 0.1) is 6.92 Å². The number of hydrogen-bond acceptors (Lipinski definition) is 3. The van der Waals surface area contributed by atoms with E-state index in [-0.39, 0.29) is 13.2 Å². The van der Waals surface area contributed by atoms with Gasteiger partial charge in [0.1, 0.15) is 0 Å². The molecule has 1 aromatic heterocycles. The molecule has 0 saturated carbocycles. The summed E-state index contributed by atoms with van der Waals surface area (Å²) < 4.78 is 21.1. The van der Waals surface area contributed by atoms with Crippen LogP contribution in [0.3, 0.4) is 0 Å². The summed E-state index contributed by atoms with van der Waals surface area (Å²) in [7, 11) is 0. The van der Waals surface area contributed by atoms with Crippen LogP contribution < -0.4 is 0 Å². The Morgan fingerprint density at radius 2 is 2.12 bits per heavy atom. The zero-order valence-electron chi connectivity index (χ0n) is 10.1. The van der Waals surface area contributed by atoms with E-state index in [0.717, 1.165) is 31.6 Å². The van der Waals surface area contributed by atoms with Gasteiger partial charge >= 0.3 is 0 Å². The lowest BCUT2D eigenvalue weighted by Crippen LogP contribution is -2.60. The Balaban J connectivity index is 1.60. The van der Waals surface area contributed by atoms with E-state index >= 15 is 0 Å². The zero-order chi connectivity index (χ0) is 11.9. The van der Waals surface area contributed by atoms with E-state index in [9.17, 15) is 4.39 Å². The van der Waals surface area contributed by atoms with Gasteiger partial charge in [-0.3, -0.25) is 9.58 Å². The number of aromatic nitrogens is 2. The summed E-state index contributed by atoms with van der Waals surface area (Å²) in [5.74, 6) is -1.19. The van der Waals surface area contributed by atoms with Crippen LogP contribution in [0.2, 0.25) is 0 Å².